The van der Waals surface area contributed by atoms with Gasteiger partial charge in [0.05, 0.1) is 18.4 Å². The molecule has 1 aromatic heterocycles. The Labute approximate surface area is 192 Å². The number of likely N-dealkylation sites (tertiary alicyclic amines) is 1. The third-order valence-electron chi connectivity index (χ3n) is 6.32. The summed E-state index contributed by atoms with van der Waals surface area (Å²) in [6.07, 6.45) is 5.18. The van der Waals surface area contributed by atoms with Gasteiger partial charge in [0.15, 0.2) is 5.96 Å². The molecule has 2 N–H and O–H groups in total. The number of carbonyl (C=O) groups excluding carboxylic acids is 2. The van der Waals surface area contributed by atoms with Crippen molar-refractivity contribution >= 4 is 52.7 Å². The summed E-state index contributed by atoms with van der Waals surface area (Å²) in [5.41, 5.74) is 0.854. The summed E-state index contributed by atoms with van der Waals surface area (Å²) in [7, 11) is 1.69. The average molecular weight is 520 g/mol. The SMILES string of the molecule is CN=C(NCCN1C(=O)C2C3C=CC(C3)C2C1=O)NCc1cc2ccccc2o1.I. The first kappa shape index (κ1) is 20.9. The molecule has 1 saturated heterocycles. The second-order valence-corrected chi connectivity index (χ2v) is 7.93. The van der Waals surface area contributed by atoms with Crippen molar-refractivity contribution in [3.8, 4) is 0 Å². The summed E-state index contributed by atoms with van der Waals surface area (Å²) in [4.78, 5) is 31.1. The van der Waals surface area contributed by atoms with E-state index in [1.807, 2.05) is 30.3 Å². The van der Waals surface area contributed by atoms with Crippen LogP contribution in [0.4, 0.5) is 0 Å². The molecule has 2 amide bonds. The van der Waals surface area contributed by atoms with Gasteiger partial charge in [-0.05, 0) is 30.4 Å². The van der Waals surface area contributed by atoms with E-state index < -0.39 is 0 Å². The molecule has 0 spiro atoms. The zero-order chi connectivity index (χ0) is 20.0. The largest absolute Gasteiger partial charge is 0.459 e. The van der Waals surface area contributed by atoms with E-state index in [0.29, 0.717) is 25.6 Å². The predicted octanol–water partition coefficient (Wildman–Crippen LogP) is 2.52. The Balaban J connectivity index is 0.00000218. The molecule has 2 fully saturated rings. The normalized spacial score (nSPS) is 27.0. The maximum absolute atomic E-state index is 12.7. The van der Waals surface area contributed by atoms with E-state index in [0.717, 1.165) is 23.2 Å². The van der Waals surface area contributed by atoms with Crippen LogP contribution in [0.5, 0.6) is 0 Å². The smallest absolute Gasteiger partial charge is 0.233 e. The van der Waals surface area contributed by atoms with Gasteiger partial charge in [-0.2, -0.15) is 0 Å². The van der Waals surface area contributed by atoms with Gasteiger partial charge in [-0.25, -0.2) is 0 Å². The van der Waals surface area contributed by atoms with Crippen LogP contribution in [0.2, 0.25) is 0 Å². The number of nitrogens with zero attached hydrogens (tertiary/aromatic N) is 2. The van der Waals surface area contributed by atoms with Gasteiger partial charge in [0, 0.05) is 25.5 Å². The van der Waals surface area contributed by atoms with Crippen molar-refractivity contribution in [2.45, 2.75) is 13.0 Å². The molecule has 1 aromatic carbocycles. The van der Waals surface area contributed by atoms with Gasteiger partial charge in [0.2, 0.25) is 11.8 Å². The molecule has 5 rings (SSSR count). The van der Waals surface area contributed by atoms with Gasteiger partial charge in [-0.1, -0.05) is 30.4 Å². The lowest BCUT2D eigenvalue weighted by molar-refractivity contribution is -0.140. The molecule has 2 aromatic rings. The van der Waals surface area contributed by atoms with Crippen LogP contribution in [0.15, 0.2) is 51.9 Å². The molecule has 3 aliphatic rings. The topological polar surface area (TPSA) is 86.9 Å². The number of furan rings is 1. The fourth-order valence-corrected chi connectivity index (χ4v) is 4.99. The maximum Gasteiger partial charge on any atom is 0.233 e. The van der Waals surface area contributed by atoms with E-state index in [1.165, 1.54) is 4.90 Å². The van der Waals surface area contributed by atoms with Crippen molar-refractivity contribution < 1.29 is 14.0 Å². The van der Waals surface area contributed by atoms with Gasteiger partial charge in [0.1, 0.15) is 11.3 Å². The number of carbonyl (C=O) groups is 2. The van der Waals surface area contributed by atoms with Crippen LogP contribution in [0, 0.1) is 23.7 Å². The predicted molar refractivity (Wildman–Crippen MR) is 124 cm³/mol. The van der Waals surface area contributed by atoms with E-state index >= 15 is 0 Å². The van der Waals surface area contributed by atoms with Crippen LogP contribution in [0.25, 0.3) is 11.0 Å². The number of imide groups is 1. The van der Waals surface area contributed by atoms with Crippen LogP contribution < -0.4 is 10.6 Å². The summed E-state index contributed by atoms with van der Waals surface area (Å²) >= 11 is 0. The molecule has 4 unspecified atom stereocenters. The molecule has 2 bridgehead atoms. The Kier molecular flexibility index (Phi) is 5.86. The second kappa shape index (κ2) is 8.41. The Bertz CT molecular complexity index is 967. The highest BCUT2D eigenvalue weighted by molar-refractivity contribution is 14.0. The van der Waals surface area contributed by atoms with Gasteiger partial charge < -0.3 is 15.1 Å². The van der Waals surface area contributed by atoms with E-state index in [1.54, 1.807) is 7.05 Å². The van der Waals surface area contributed by atoms with E-state index in [4.69, 9.17) is 4.42 Å². The zero-order valence-electron chi connectivity index (χ0n) is 16.7. The Morgan fingerprint density at radius 3 is 2.50 bits per heavy atom. The quantitative estimate of drug-likeness (QED) is 0.208. The number of rotatable bonds is 5. The van der Waals surface area contributed by atoms with E-state index in [2.05, 4.69) is 27.8 Å². The zero-order valence-corrected chi connectivity index (χ0v) is 19.0. The third kappa shape index (κ3) is 3.51. The molecule has 0 radical (unpaired) electrons. The monoisotopic (exact) mass is 520 g/mol. The number of allylic oxidation sites excluding steroid dienone is 2. The minimum atomic E-state index is -0.136. The number of benzene rings is 1. The molecule has 158 valence electrons. The van der Waals surface area contributed by atoms with Crippen molar-refractivity contribution in [3.63, 3.8) is 0 Å². The lowest BCUT2D eigenvalue weighted by atomic mass is 9.85. The average Bonchev–Trinajstić information content (AvgIpc) is 3.49. The maximum atomic E-state index is 12.7. The highest BCUT2D eigenvalue weighted by atomic mass is 127. The fourth-order valence-electron chi connectivity index (χ4n) is 4.99. The summed E-state index contributed by atoms with van der Waals surface area (Å²) in [5.74, 6) is 1.62. The summed E-state index contributed by atoms with van der Waals surface area (Å²) < 4.78 is 5.80. The van der Waals surface area contributed by atoms with Crippen molar-refractivity contribution in [2.24, 2.45) is 28.7 Å². The lowest BCUT2D eigenvalue weighted by Gasteiger charge is -2.18. The first-order valence-electron chi connectivity index (χ1n) is 10.1. The number of halogens is 1. The van der Waals surface area contributed by atoms with Gasteiger partial charge in [0.25, 0.3) is 0 Å². The molecule has 8 heteroatoms. The Morgan fingerprint density at radius 2 is 1.83 bits per heavy atom. The van der Waals surface area contributed by atoms with Crippen molar-refractivity contribution in [3.05, 3.63) is 48.2 Å². The molecule has 4 atom stereocenters. The van der Waals surface area contributed by atoms with Crippen molar-refractivity contribution in [1.82, 2.24) is 15.5 Å². The van der Waals surface area contributed by atoms with Gasteiger partial charge in [-0.3, -0.25) is 19.5 Å². The second-order valence-electron chi connectivity index (χ2n) is 7.93. The van der Waals surface area contributed by atoms with Crippen LogP contribution in [0.1, 0.15) is 12.2 Å². The van der Waals surface area contributed by atoms with Crippen LogP contribution in [-0.4, -0.2) is 42.8 Å². The highest BCUT2D eigenvalue weighted by Crippen LogP contribution is 2.52. The molecule has 2 heterocycles. The number of para-hydroxylation sites is 1. The Hall–Kier alpha value is -2.36. The van der Waals surface area contributed by atoms with Gasteiger partial charge >= 0.3 is 0 Å². The summed E-state index contributed by atoms with van der Waals surface area (Å²) in [6, 6.07) is 9.87. The number of aliphatic imine (C=N–C) groups is 1. The third-order valence-corrected chi connectivity index (χ3v) is 6.32. The highest BCUT2D eigenvalue weighted by Gasteiger charge is 2.58. The van der Waals surface area contributed by atoms with E-state index in [-0.39, 0.29) is 59.5 Å². The molecule has 1 aliphatic heterocycles. The van der Waals surface area contributed by atoms with Crippen LogP contribution in [-0.2, 0) is 16.1 Å². The fraction of sp³-hybridized carbons (Fsp3) is 0.409. The molecular weight excluding hydrogens is 495 g/mol. The van der Waals surface area contributed by atoms with Crippen molar-refractivity contribution in [1.29, 1.82) is 0 Å². The standard InChI is InChI=1S/C22H24N4O3.HI/c1-23-22(25-12-16-11-13-4-2-3-5-17(13)29-16)24-8-9-26-20(27)18-14-6-7-15(10-14)19(18)21(26)28;/h2-7,11,14-15,18-19H,8-10,12H2,1H3,(H2,23,24,25);1H. The minimum absolute atomic E-state index is 0. The number of hydrogen-bond donors (Lipinski definition) is 2. The summed E-state index contributed by atoms with van der Waals surface area (Å²) in [5, 5.41) is 7.45. The number of guanidine groups is 1. The lowest BCUT2D eigenvalue weighted by Crippen LogP contribution is -2.43. The van der Waals surface area contributed by atoms with Gasteiger partial charge in [-0.15, -0.1) is 24.0 Å². The molecule has 30 heavy (non-hydrogen) atoms. The molecular formula is C22H25IN4O3. The van der Waals surface area contributed by atoms with Crippen LogP contribution in [0.3, 0.4) is 0 Å². The first-order valence-corrected chi connectivity index (χ1v) is 10.1. The minimum Gasteiger partial charge on any atom is -0.459 e. The van der Waals surface area contributed by atoms with E-state index in [9.17, 15) is 9.59 Å². The number of hydrogen-bond acceptors (Lipinski definition) is 4. The summed E-state index contributed by atoms with van der Waals surface area (Å²) in [6.45, 7) is 1.31. The number of fused-ring (bicyclic) bond motifs is 6. The molecule has 2 aliphatic carbocycles. The number of nitrogens with one attached hydrogen (secondary N) is 2. The molecule has 1 saturated carbocycles. The van der Waals surface area contributed by atoms with Crippen LogP contribution >= 0.6 is 24.0 Å². The molecule has 7 nitrogen and oxygen atoms in total. The number of amides is 2. The first-order chi connectivity index (χ1) is 14.2. The Morgan fingerprint density at radius 1 is 1.13 bits per heavy atom. The van der Waals surface area contributed by atoms with Crippen molar-refractivity contribution in [2.75, 3.05) is 20.1 Å².